The Hall–Kier alpha value is -3.24. The van der Waals surface area contributed by atoms with Crippen LogP contribution in [0.5, 0.6) is 5.75 Å². The van der Waals surface area contributed by atoms with Gasteiger partial charge in [0.25, 0.3) is 0 Å². The summed E-state index contributed by atoms with van der Waals surface area (Å²) in [7, 11) is -2.17. The molecule has 4 rings (SSSR count). The minimum Gasteiger partial charge on any atom is -0.495 e. The van der Waals surface area contributed by atoms with Crippen molar-refractivity contribution in [2.45, 2.75) is 11.8 Å². The Kier molecular flexibility index (Phi) is 6.01. The van der Waals surface area contributed by atoms with Gasteiger partial charge < -0.3 is 15.0 Å². The first-order valence-corrected chi connectivity index (χ1v) is 11.3. The van der Waals surface area contributed by atoms with Crippen LogP contribution in [0.4, 0.5) is 17.3 Å². The fourth-order valence-electron chi connectivity index (χ4n) is 3.43. The molecule has 10 heteroatoms. The molecule has 0 atom stereocenters. The van der Waals surface area contributed by atoms with Gasteiger partial charge in [-0.15, -0.1) is 10.2 Å². The topological polar surface area (TPSA) is 101 Å². The maximum atomic E-state index is 13.2. The largest absolute Gasteiger partial charge is 0.495 e. The summed E-state index contributed by atoms with van der Waals surface area (Å²) in [5.41, 5.74) is 1.70. The third kappa shape index (κ3) is 4.59. The normalized spacial score (nSPS) is 15.0. The molecule has 3 heterocycles. The van der Waals surface area contributed by atoms with Crippen molar-refractivity contribution in [3.8, 4) is 5.75 Å². The number of benzene rings is 1. The van der Waals surface area contributed by atoms with Gasteiger partial charge in [-0.1, -0.05) is 6.07 Å². The molecule has 9 nitrogen and oxygen atoms in total. The number of rotatable bonds is 6. The van der Waals surface area contributed by atoms with Crippen molar-refractivity contribution < 1.29 is 13.2 Å². The molecule has 1 N–H and O–H groups in total. The van der Waals surface area contributed by atoms with Crippen LogP contribution in [0.3, 0.4) is 0 Å². The Morgan fingerprint density at radius 3 is 2.48 bits per heavy atom. The minimum atomic E-state index is -3.64. The number of ether oxygens (including phenoxy) is 1. The molecule has 0 amide bonds. The monoisotopic (exact) mass is 440 g/mol. The lowest BCUT2D eigenvalue weighted by Crippen LogP contribution is -2.49. The lowest BCUT2D eigenvalue weighted by Gasteiger charge is -2.34. The SMILES string of the molecule is COc1ccc(C)cc1S(=O)(=O)N1CCN(c2ccc(Nc3cccnc3)nn2)CC1. The summed E-state index contributed by atoms with van der Waals surface area (Å²) in [4.78, 5) is 6.29. The average molecular weight is 441 g/mol. The lowest BCUT2D eigenvalue weighted by molar-refractivity contribution is 0.373. The van der Waals surface area contributed by atoms with Gasteiger partial charge in [0, 0.05) is 32.4 Å². The third-order valence-corrected chi connectivity index (χ3v) is 7.00. The molecule has 31 heavy (non-hydrogen) atoms. The van der Waals surface area contributed by atoms with Crippen LogP contribution < -0.4 is 15.0 Å². The van der Waals surface area contributed by atoms with Gasteiger partial charge in [0.1, 0.15) is 10.6 Å². The molecule has 162 valence electrons. The Balaban J connectivity index is 1.42. The zero-order valence-corrected chi connectivity index (χ0v) is 18.2. The van der Waals surface area contributed by atoms with Crippen LogP contribution >= 0.6 is 0 Å². The van der Waals surface area contributed by atoms with Crippen LogP contribution in [0.1, 0.15) is 5.56 Å². The van der Waals surface area contributed by atoms with Crippen LogP contribution in [-0.4, -0.2) is 61.2 Å². The summed E-state index contributed by atoms with van der Waals surface area (Å²) >= 11 is 0. The van der Waals surface area contributed by atoms with Gasteiger partial charge >= 0.3 is 0 Å². The number of aryl methyl sites for hydroxylation is 1. The summed E-state index contributed by atoms with van der Waals surface area (Å²) in [5.74, 6) is 1.68. The molecule has 0 unspecified atom stereocenters. The van der Waals surface area contributed by atoms with Crippen molar-refractivity contribution in [3.05, 3.63) is 60.4 Å². The molecule has 2 aromatic heterocycles. The van der Waals surface area contributed by atoms with Gasteiger partial charge in [0.05, 0.1) is 19.0 Å². The van der Waals surface area contributed by atoms with E-state index in [2.05, 4.69) is 20.5 Å². The number of nitrogens with zero attached hydrogens (tertiary/aromatic N) is 5. The van der Waals surface area contributed by atoms with Gasteiger partial charge in [-0.25, -0.2) is 8.42 Å². The first-order chi connectivity index (χ1) is 15.0. The van der Waals surface area contributed by atoms with Gasteiger partial charge in [0.2, 0.25) is 10.0 Å². The van der Waals surface area contributed by atoms with E-state index in [4.69, 9.17) is 4.74 Å². The van der Waals surface area contributed by atoms with Gasteiger partial charge in [-0.3, -0.25) is 4.98 Å². The highest BCUT2D eigenvalue weighted by molar-refractivity contribution is 7.89. The van der Waals surface area contributed by atoms with E-state index < -0.39 is 10.0 Å². The number of aromatic nitrogens is 3. The smallest absolute Gasteiger partial charge is 0.246 e. The third-order valence-electron chi connectivity index (χ3n) is 5.08. The van der Waals surface area contributed by atoms with Crippen LogP contribution in [0, 0.1) is 6.92 Å². The fraction of sp³-hybridized carbons (Fsp3) is 0.286. The molecular weight excluding hydrogens is 416 g/mol. The highest BCUT2D eigenvalue weighted by Crippen LogP contribution is 2.29. The second-order valence-electron chi connectivity index (χ2n) is 7.19. The quantitative estimate of drug-likeness (QED) is 0.624. The number of pyridine rings is 1. The second kappa shape index (κ2) is 8.86. The van der Waals surface area contributed by atoms with Crippen molar-refractivity contribution in [2.75, 3.05) is 43.5 Å². The van der Waals surface area contributed by atoms with Crippen molar-refractivity contribution >= 4 is 27.3 Å². The van der Waals surface area contributed by atoms with Crippen molar-refractivity contribution in [3.63, 3.8) is 0 Å². The molecule has 1 saturated heterocycles. The van der Waals surface area contributed by atoms with E-state index in [0.717, 1.165) is 11.3 Å². The van der Waals surface area contributed by atoms with Crippen LogP contribution in [0.15, 0.2) is 59.8 Å². The molecular formula is C21H24N6O3S. The first kappa shape index (κ1) is 21.0. The molecule has 1 fully saturated rings. The van der Waals surface area contributed by atoms with E-state index in [0.29, 0.717) is 43.6 Å². The molecule has 0 aliphatic carbocycles. The Morgan fingerprint density at radius 2 is 1.84 bits per heavy atom. The molecule has 1 aliphatic heterocycles. The maximum Gasteiger partial charge on any atom is 0.246 e. The number of hydrogen-bond acceptors (Lipinski definition) is 8. The first-order valence-electron chi connectivity index (χ1n) is 9.88. The van der Waals surface area contributed by atoms with Crippen molar-refractivity contribution in [1.82, 2.24) is 19.5 Å². The van der Waals surface area contributed by atoms with E-state index >= 15 is 0 Å². The van der Waals surface area contributed by atoms with Crippen molar-refractivity contribution in [1.29, 1.82) is 0 Å². The van der Waals surface area contributed by atoms with E-state index in [-0.39, 0.29) is 4.90 Å². The Labute approximate surface area is 181 Å². The summed E-state index contributed by atoms with van der Waals surface area (Å²) in [6, 6.07) is 12.6. The van der Waals surface area contributed by atoms with Crippen molar-refractivity contribution in [2.24, 2.45) is 0 Å². The summed E-state index contributed by atoms with van der Waals surface area (Å²) < 4.78 is 33.1. The maximum absolute atomic E-state index is 13.2. The molecule has 0 bridgehead atoms. The molecule has 0 spiro atoms. The van der Waals surface area contributed by atoms with Gasteiger partial charge in [0.15, 0.2) is 11.6 Å². The number of nitrogens with one attached hydrogen (secondary N) is 1. The highest BCUT2D eigenvalue weighted by atomic mass is 32.2. The standard InChI is InChI=1S/C21H24N6O3S/c1-16-5-6-18(30-2)19(14-16)31(28,29)27-12-10-26(11-13-27)21-8-7-20(24-25-21)23-17-4-3-9-22-15-17/h3-9,14-15H,10-13H2,1-2H3,(H,23,24). The number of hydrogen-bond donors (Lipinski definition) is 1. The fourth-order valence-corrected chi connectivity index (χ4v) is 5.09. The second-order valence-corrected chi connectivity index (χ2v) is 9.10. The summed E-state index contributed by atoms with van der Waals surface area (Å²) in [5, 5.41) is 11.6. The molecule has 0 radical (unpaired) electrons. The van der Waals surface area contributed by atoms with E-state index in [1.807, 2.05) is 42.2 Å². The van der Waals surface area contributed by atoms with Crippen LogP contribution in [0.25, 0.3) is 0 Å². The predicted octanol–water partition coefficient (Wildman–Crippen LogP) is 2.44. The van der Waals surface area contributed by atoms with Crippen LogP contribution in [-0.2, 0) is 10.0 Å². The summed E-state index contributed by atoms with van der Waals surface area (Å²) in [6.45, 7) is 3.63. The predicted molar refractivity (Wildman–Crippen MR) is 118 cm³/mol. The average Bonchev–Trinajstić information content (AvgIpc) is 2.80. The van der Waals surface area contributed by atoms with E-state index in [1.54, 1.807) is 24.5 Å². The molecule has 0 saturated carbocycles. The zero-order chi connectivity index (χ0) is 21.8. The van der Waals surface area contributed by atoms with Gasteiger partial charge in [-0.2, -0.15) is 4.31 Å². The number of sulfonamides is 1. The number of anilines is 3. The van der Waals surface area contributed by atoms with Gasteiger partial charge in [-0.05, 0) is 48.9 Å². The zero-order valence-electron chi connectivity index (χ0n) is 17.4. The Bertz CT molecular complexity index is 1130. The summed E-state index contributed by atoms with van der Waals surface area (Å²) in [6.07, 6.45) is 3.41. The lowest BCUT2D eigenvalue weighted by atomic mass is 10.2. The molecule has 1 aromatic carbocycles. The number of methoxy groups -OCH3 is 1. The van der Waals surface area contributed by atoms with E-state index in [1.165, 1.54) is 11.4 Å². The van der Waals surface area contributed by atoms with Crippen LogP contribution in [0.2, 0.25) is 0 Å². The highest BCUT2D eigenvalue weighted by Gasteiger charge is 2.31. The molecule has 3 aromatic rings. The minimum absolute atomic E-state index is 0.203. The molecule has 1 aliphatic rings. The Morgan fingerprint density at radius 1 is 1.03 bits per heavy atom. The van der Waals surface area contributed by atoms with E-state index in [9.17, 15) is 8.42 Å². The number of piperazine rings is 1.